The van der Waals surface area contributed by atoms with Crippen molar-refractivity contribution < 1.29 is 9.21 Å². The molecule has 4 aromatic rings. The van der Waals surface area contributed by atoms with E-state index in [4.69, 9.17) is 4.42 Å². The molecule has 4 aromatic heterocycles. The van der Waals surface area contributed by atoms with Crippen molar-refractivity contribution >= 4 is 22.9 Å². The van der Waals surface area contributed by atoms with E-state index in [2.05, 4.69) is 20.5 Å². The number of nitrogens with zero attached hydrogens (tertiary/aromatic N) is 4. The number of rotatable bonds is 4. The number of aromatic nitrogens is 4. The molecular formula is C17H15N5O2S. The molecule has 0 saturated carbocycles. The van der Waals surface area contributed by atoms with Crippen molar-refractivity contribution in [2.75, 3.05) is 0 Å². The maximum atomic E-state index is 12.6. The van der Waals surface area contributed by atoms with Crippen molar-refractivity contribution in [3.63, 3.8) is 0 Å². The Balaban J connectivity index is 1.58. The highest BCUT2D eigenvalue weighted by atomic mass is 32.1. The fourth-order valence-corrected chi connectivity index (χ4v) is 3.48. The summed E-state index contributed by atoms with van der Waals surface area (Å²) < 4.78 is 7.20. The molecule has 0 aromatic carbocycles. The Morgan fingerprint density at radius 2 is 2.16 bits per heavy atom. The first kappa shape index (κ1) is 15.5. The molecule has 0 bridgehead atoms. The van der Waals surface area contributed by atoms with Crippen LogP contribution in [0.1, 0.15) is 34.2 Å². The van der Waals surface area contributed by atoms with Gasteiger partial charge in [-0.1, -0.05) is 6.07 Å². The smallest absolute Gasteiger partial charge is 0.271 e. The Hall–Kier alpha value is -3.00. The summed E-state index contributed by atoms with van der Waals surface area (Å²) in [6, 6.07) is 8.97. The first-order valence-corrected chi connectivity index (χ1v) is 8.57. The van der Waals surface area contributed by atoms with Crippen LogP contribution in [0.3, 0.4) is 0 Å². The van der Waals surface area contributed by atoms with Crippen LogP contribution in [0.2, 0.25) is 0 Å². The topological polar surface area (TPSA) is 85.3 Å². The minimum absolute atomic E-state index is 0.244. The van der Waals surface area contributed by atoms with Gasteiger partial charge in [0.15, 0.2) is 22.2 Å². The van der Waals surface area contributed by atoms with Crippen molar-refractivity contribution in [1.29, 1.82) is 0 Å². The number of nitrogens with one attached hydrogen (secondary N) is 1. The van der Waals surface area contributed by atoms with Crippen molar-refractivity contribution in [3.8, 4) is 10.8 Å². The van der Waals surface area contributed by atoms with Gasteiger partial charge < -0.3 is 9.73 Å². The van der Waals surface area contributed by atoms with Crippen molar-refractivity contribution in [3.05, 3.63) is 59.2 Å². The summed E-state index contributed by atoms with van der Waals surface area (Å²) in [4.78, 5) is 17.9. The largest absolute Gasteiger partial charge is 0.462 e. The lowest BCUT2D eigenvalue weighted by Crippen LogP contribution is -2.28. The maximum absolute atomic E-state index is 12.6. The van der Waals surface area contributed by atoms with E-state index in [0.717, 1.165) is 10.5 Å². The molecule has 4 rings (SSSR count). The lowest BCUT2D eigenvalue weighted by molar-refractivity contribution is 0.0933. The molecular weight excluding hydrogens is 338 g/mol. The van der Waals surface area contributed by atoms with Gasteiger partial charge in [-0.3, -0.25) is 9.20 Å². The van der Waals surface area contributed by atoms with Crippen molar-refractivity contribution in [2.24, 2.45) is 0 Å². The number of carbonyl (C=O) groups excluding carboxylic acids is 1. The van der Waals surface area contributed by atoms with E-state index in [9.17, 15) is 4.79 Å². The minimum Gasteiger partial charge on any atom is -0.462 e. The SMILES string of the molecule is Cc1sc(-c2ccco2)nc1C(=O)NC(C)c1nnc2ccccn12. The highest BCUT2D eigenvalue weighted by Gasteiger charge is 2.21. The first-order chi connectivity index (χ1) is 12.1. The third-order valence-electron chi connectivity index (χ3n) is 3.82. The Bertz CT molecular complexity index is 1030. The molecule has 126 valence electrons. The molecule has 25 heavy (non-hydrogen) atoms. The molecule has 4 heterocycles. The van der Waals surface area contributed by atoms with Gasteiger partial charge in [0, 0.05) is 11.1 Å². The Labute approximate surface area is 147 Å². The quantitative estimate of drug-likeness (QED) is 0.609. The normalized spacial score (nSPS) is 12.4. The third-order valence-corrected chi connectivity index (χ3v) is 4.80. The number of hydrogen-bond donors (Lipinski definition) is 1. The molecule has 0 aliphatic carbocycles. The summed E-state index contributed by atoms with van der Waals surface area (Å²) in [5.74, 6) is 1.08. The molecule has 0 spiro atoms. The number of carbonyl (C=O) groups is 1. The standard InChI is InChI=1S/C17H15N5O2S/c1-10(15-21-20-13-7-3-4-8-22(13)15)18-16(23)14-11(2)25-17(19-14)12-6-5-9-24-12/h3-10H,1-2H3,(H,18,23). The van der Waals surface area contributed by atoms with Gasteiger partial charge in [0.1, 0.15) is 5.69 Å². The molecule has 1 amide bonds. The first-order valence-electron chi connectivity index (χ1n) is 7.75. The van der Waals surface area contributed by atoms with Gasteiger partial charge in [-0.05, 0) is 38.1 Å². The van der Waals surface area contributed by atoms with E-state index in [0.29, 0.717) is 22.3 Å². The van der Waals surface area contributed by atoms with E-state index in [1.807, 2.05) is 48.7 Å². The molecule has 0 aliphatic heterocycles. The Morgan fingerprint density at radius 1 is 1.28 bits per heavy atom. The second kappa shape index (κ2) is 6.14. The number of fused-ring (bicyclic) bond motifs is 1. The lowest BCUT2D eigenvalue weighted by atomic mass is 10.2. The zero-order valence-corrected chi connectivity index (χ0v) is 14.4. The molecule has 0 radical (unpaired) electrons. The van der Waals surface area contributed by atoms with Gasteiger partial charge in [0.05, 0.1) is 12.3 Å². The van der Waals surface area contributed by atoms with E-state index < -0.39 is 0 Å². The number of hydrogen-bond acceptors (Lipinski definition) is 6. The van der Waals surface area contributed by atoms with Crippen LogP contribution in [0.5, 0.6) is 0 Å². The van der Waals surface area contributed by atoms with E-state index in [1.54, 1.807) is 12.3 Å². The Kier molecular flexibility index (Phi) is 3.81. The summed E-state index contributed by atoms with van der Waals surface area (Å²) in [5, 5.41) is 11.9. The molecule has 0 fully saturated rings. The van der Waals surface area contributed by atoms with Crippen LogP contribution in [0, 0.1) is 6.92 Å². The second-order valence-electron chi connectivity index (χ2n) is 5.58. The molecule has 1 unspecified atom stereocenters. The highest BCUT2D eigenvalue weighted by molar-refractivity contribution is 7.15. The predicted octanol–water partition coefficient (Wildman–Crippen LogP) is 3.25. The predicted molar refractivity (Wildman–Crippen MR) is 93.4 cm³/mol. The molecule has 0 aliphatic rings. The summed E-state index contributed by atoms with van der Waals surface area (Å²) in [7, 11) is 0. The van der Waals surface area contributed by atoms with Gasteiger partial charge in [-0.2, -0.15) is 0 Å². The molecule has 7 nitrogen and oxygen atoms in total. The van der Waals surface area contributed by atoms with Crippen LogP contribution in [0.4, 0.5) is 0 Å². The van der Waals surface area contributed by atoms with Gasteiger partial charge in [-0.25, -0.2) is 4.98 Å². The number of aryl methyl sites for hydroxylation is 1. The van der Waals surface area contributed by atoms with Crippen LogP contribution < -0.4 is 5.32 Å². The zero-order chi connectivity index (χ0) is 17.4. The Morgan fingerprint density at radius 3 is 2.96 bits per heavy atom. The van der Waals surface area contributed by atoms with Crippen LogP contribution in [-0.2, 0) is 0 Å². The van der Waals surface area contributed by atoms with Gasteiger partial charge in [-0.15, -0.1) is 21.5 Å². The van der Waals surface area contributed by atoms with Crippen molar-refractivity contribution in [1.82, 2.24) is 24.9 Å². The molecule has 8 heteroatoms. The molecule has 1 atom stereocenters. The number of thiazole rings is 1. The zero-order valence-electron chi connectivity index (χ0n) is 13.6. The average molecular weight is 353 g/mol. The third kappa shape index (κ3) is 2.80. The maximum Gasteiger partial charge on any atom is 0.271 e. The van der Waals surface area contributed by atoms with Crippen LogP contribution >= 0.6 is 11.3 Å². The lowest BCUT2D eigenvalue weighted by Gasteiger charge is -2.11. The van der Waals surface area contributed by atoms with Gasteiger partial charge in [0.2, 0.25) is 0 Å². The van der Waals surface area contributed by atoms with Crippen LogP contribution in [-0.4, -0.2) is 25.5 Å². The van der Waals surface area contributed by atoms with E-state index in [1.165, 1.54) is 11.3 Å². The van der Waals surface area contributed by atoms with Gasteiger partial charge in [0.25, 0.3) is 5.91 Å². The summed E-state index contributed by atoms with van der Waals surface area (Å²) >= 11 is 1.43. The number of pyridine rings is 1. The fourth-order valence-electron chi connectivity index (χ4n) is 2.60. The summed E-state index contributed by atoms with van der Waals surface area (Å²) in [5.41, 5.74) is 1.14. The van der Waals surface area contributed by atoms with Crippen molar-refractivity contribution in [2.45, 2.75) is 19.9 Å². The monoisotopic (exact) mass is 353 g/mol. The molecule has 0 saturated heterocycles. The van der Waals surface area contributed by atoms with E-state index in [-0.39, 0.29) is 11.9 Å². The minimum atomic E-state index is -0.307. The van der Waals surface area contributed by atoms with Crippen LogP contribution in [0.15, 0.2) is 47.2 Å². The second-order valence-corrected chi connectivity index (χ2v) is 6.79. The molecule has 1 N–H and O–H groups in total. The van der Waals surface area contributed by atoms with E-state index >= 15 is 0 Å². The summed E-state index contributed by atoms with van der Waals surface area (Å²) in [6.07, 6.45) is 3.46. The van der Waals surface area contributed by atoms with Crippen LogP contribution in [0.25, 0.3) is 16.4 Å². The summed E-state index contributed by atoms with van der Waals surface area (Å²) in [6.45, 7) is 3.74. The average Bonchev–Trinajstić information content (AvgIpc) is 3.33. The number of furan rings is 1. The fraction of sp³-hybridized carbons (Fsp3) is 0.176. The number of amides is 1. The van der Waals surface area contributed by atoms with Gasteiger partial charge >= 0.3 is 0 Å². The highest BCUT2D eigenvalue weighted by Crippen LogP contribution is 2.28.